The van der Waals surface area contributed by atoms with Crippen LogP contribution in [-0.2, 0) is 10.3 Å². The zero-order valence-corrected chi connectivity index (χ0v) is 13.3. The van der Waals surface area contributed by atoms with Crippen molar-refractivity contribution in [1.82, 2.24) is 0 Å². The summed E-state index contributed by atoms with van der Waals surface area (Å²) in [6.45, 7) is 0. The van der Waals surface area contributed by atoms with Crippen LogP contribution in [0.3, 0.4) is 0 Å². The second-order valence-electron chi connectivity index (χ2n) is 6.21. The van der Waals surface area contributed by atoms with E-state index in [1.165, 1.54) is 18.2 Å². The maximum atomic E-state index is 12.6. The second-order valence-corrected chi connectivity index (χ2v) is 6.21. The number of phenolic OH excluding ortho intramolecular Hbond substituents is 3. The number of benzene rings is 3. The Hall–Kier alpha value is -3.67. The molecule has 6 nitrogen and oxygen atoms in total. The molecule has 0 fully saturated rings. The fraction of sp³-hybridized carbons (Fsp3) is 0.0500. The van der Waals surface area contributed by atoms with Crippen LogP contribution in [0.15, 0.2) is 54.6 Å². The second kappa shape index (κ2) is 4.70. The van der Waals surface area contributed by atoms with E-state index < -0.39 is 17.3 Å². The van der Waals surface area contributed by atoms with Gasteiger partial charge in [-0.3, -0.25) is 0 Å². The van der Waals surface area contributed by atoms with E-state index in [0.717, 1.165) is 0 Å². The minimum atomic E-state index is -1.34. The highest BCUT2D eigenvalue weighted by molar-refractivity contribution is 5.97. The average Bonchev–Trinajstić information content (AvgIpc) is 2.92. The van der Waals surface area contributed by atoms with E-state index in [2.05, 4.69) is 0 Å². The van der Waals surface area contributed by atoms with Crippen molar-refractivity contribution in [3.63, 3.8) is 0 Å². The SMILES string of the molecule is O=C1OC2(c3ccc(O)cc3Oc3c2ccc(O)c3O)c2ccccc21. The maximum absolute atomic E-state index is 12.6. The van der Waals surface area contributed by atoms with E-state index in [0.29, 0.717) is 22.3 Å². The van der Waals surface area contributed by atoms with Crippen molar-refractivity contribution in [1.29, 1.82) is 0 Å². The monoisotopic (exact) mass is 348 g/mol. The molecule has 128 valence electrons. The minimum Gasteiger partial charge on any atom is -0.508 e. The van der Waals surface area contributed by atoms with Gasteiger partial charge < -0.3 is 24.8 Å². The third kappa shape index (κ3) is 1.63. The van der Waals surface area contributed by atoms with Gasteiger partial charge in [0.1, 0.15) is 11.5 Å². The smallest absolute Gasteiger partial charge is 0.340 e. The summed E-state index contributed by atoms with van der Waals surface area (Å²) < 4.78 is 11.6. The van der Waals surface area contributed by atoms with Gasteiger partial charge in [-0.1, -0.05) is 18.2 Å². The van der Waals surface area contributed by atoms with Gasteiger partial charge in [-0.15, -0.1) is 0 Å². The van der Waals surface area contributed by atoms with Crippen LogP contribution in [0.4, 0.5) is 0 Å². The van der Waals surface area contributed by atoms with Gasteiger partial charge in [0, 0.05) is 17.2 Å². The summed E-state index contributed by atoms with van der Waals surface area (Å²) >= 11 is 0. The molecule has 1 spiro atoms. The van der Waals surface area contributed by atoms with Crippen LogP contribution in [-0.4, -0.2) is 21.3 Å². The molecule has 0 aliphatic carbocycles. The summed E-state index contributed by atoms with van der Waals surface area (Å²) in [7, 11) is 0. The third-order valence-corrected chi connectivity index (χ3v) is 4.82. The largest absolute Gasteiger partial charge is 0.508 e. The maximum Gasteiger partial charge on any atom is 0.340 e. The lowest BCUT2D eigenvalue weighted by Crippen LogP contribution is -2.32. The highest BCUT2D eigenvalue weighted by atomic mass is 16.6. The number of hydrogen-bond acceptors (Lipinski definition) is 6. The molecule has 26 heavy (non-hydrogen) atoms. The molecule has 0 saturated heterocycles. The van der Waals surface area contributed by atoms with Crippen LogP contribution in [0.1, 0.15) is 27.0 Å². The van der Waals surface area contributed by atoms with Gasteiger partial charge in [-0.25, -0.2) is 4.79 Å². The molecule has 3 aromatic rings. The number of rotatable bonds is 0. The van der Waals surface area contributed by atoms with Crippen LogP contribution in [0.2, 0.25) is 0 Å². The molecule has 0 bridgehead atoms. The van der Waals surface area contributed by atoms with E-state index in [9.17, 15) is 20.1 Å². The molecule has 3 N–H and O–H groups in total. The van der Waals surface area contributed by atoms with E-state index in [-0.39, 0.29) is 23.0 Å². The molecule has 6 heteroatoms. The first kappa shape index (κ1) is 14.7. The minimum absolute atomic E-state index is 0.0207. The number of carbonyl (C=O) groups excluding carboxylic acids is 1. The van der Waals surface area contributed by atoms with E-state index in [1.54, 1.807) is 36.4 Å². The Kier molecular flexibility index (Phi) is 2.65. The van der Waals surface area contributed by atoms with Gasteiger partial charge in [0.15, 0.2) is 17.1 Å². The van der Waals surface area contributed by atoms with Crippen LogP contribution in [0.25, 0.3) is 0 Å². The molecular weight excluding hydrogens is 336 g/mol. The van der Waals surface area contributed by atoms with E-state index in [1.807, 2.05) is 0 Å². The summed E-state index contributed by atoms with van der Waals surface area (Å²) in [4.78, 5) is 12.6. The van der Waals surface area contributed by atoms with Crippen LogP contribution >= 0.6 is 0 Å². The number of fused-ring (bicyclic) bond motifs is 6. The lowest BCUT2D eigenvalue weighted by Gasteiger charge is -2.36. The standard InChI is InChI=1S/C20H12O6/c21-10-5-6-13-16(9-10)25-18-14(7-8-15(22)17(18)23)20(13)12-4-2-1-3-11(12)19(24)26-20/h1-9,21-23H. The van der Waals surface area contributed by atoms with Crippen molar-refractivity contribution in [2.45, 2.75) is 5.60 Å². The molecule has 5 rings (SSSR count). The Bertz CT molecular complexity index is 1100. The van der Waals surface area contributed by atoms with Crippen molar-refractivity contribution >= 4 is 5.97 Å². The molecular formula is C20H12O6. The van der Waals surface area contributed by atoms with Crippen molar-refractivity contribution in [3.05, 3.63) is 76.9 Å². The molecule has 0 radical (unpaired) electrons. The fourth-order valence-electron chi connectivity index (χ4n) is 3.70. The first-order valence-electron chi connectivity index (χ1n) is 7.92. The summed E-state index contributed by atoms with van der Waals surface area (Å²) in [5.74, 6) is -1.16. The van der Waals surface area contributed by atoms with Crippen molar-refractivity contribution in [2.75, 3.05) is 0 Å². The fourth-order valence-corrected chi connectivity index (χ4v) is 3.70. The van der Waals surface area contributed by atoms with E-state index in [4.69, 9.17) is 9.47 Å². The predicted molar refractivity (Wildman–Crippen MR) is 89.7 cm³/mol. The lowest BCUT2D eigenvalue weighted by molar-refractivity contribution is 0.0222. The summed E-state index contributed by atoms with van der Waals surface area (Å²) in [5.41, 5.74) is 0.587. The molecule has 1 unspecified atom stereocenters. The van der Waals surface area contributed by atoms with Gasteiger partial charge in [0.2, 0.25) is 5.75 Å². The molecule has 0 amide bonds. The number of phenols is 3. The highest BCUT2D eigenvalue weighted by Gasteiger charge is 2.54. The molecule has 0 saturated carbocycles. The number of aromatic hydroxyl groups is 3. The predicted octanol–water partition coefficient (Wildman–Crippen LogP) is 3.37. The Labute approximate surface area is 147 Å². The molecule has 0 aromatic heterocycles. The van der Waals surface area contributed by atoms with E-state index >= 15 is 0 Å². The van der Waals surface area contributed by atoms with Gasteiger partial charge in [-0.05, 0) is 30.3 Å². The Morgan fingerprint density at radius 3 is 2.46 bits per heavy atom. The molecule has 2 aliphatic heterocycles. The van der Waals surface area contributed by atoms with Crippen molar-refractivity contribution in [3.8, 4) is 28.7 Å². The topological polar surface area (TPSA) is 96.2 Å². The highest BCUT2D eigenvalue weighted by Crippen LogP contribution is 2.59. The zero-order chi connectivity index (χ0) is 18.1. The molecule has 1 atom stereocenters. The number of ether oxygens (including phenoxy) is 2. The normalized spacial score (nSPS) is 19.3. The van der Waals surface area contributed by atoms with Crippen LogP contribution in [0.5, 0.6) is 28.7 Å². The summed E-state index contributed by atoms with van der Waals surface area (Å²) in [6, 6.07) is 14.3. The van der Waals surface area contributed by atoms with Crippen LogP contribution < -0.4 is 4.74 Å². The van der Waals surface area contributed by atoms with Gasteiger partial charge in [0.05, 0.1) is 11.1 Å². The molecule has 3 aromatic carbocycles. The van der Waals surface area contributed by atoms with Crippen LogP contribution in [0, 0.1) is 0 Å². The first-order chi connectivity index (χ1) is 12.5. The van der Waals surface area contributed by atoms with Gasteiger partial charge in [0.25, 0.3) is 0 Å². The molecule has 2 heterocycles. The Balaban J connectivity index is 1.93. The third-order valence-electron chi connectivity index (χ3n) is 4.82. The first-order valence-corrected chi connectivity index (χ1v) is 7.92. The summed E-state index contributed by atoms with van der Waals surface area (Å²) in [6.07, 6.45) is 0. The van der Waals surface area contributed by atoms with Crippen molar-refractivity contribution < 1.29 is 29.6 Å². The molecule has 2 aliphatic rings. The lowest BCUT2D eigenvalue weighted by atomic mass is 9.77. The number of esters is 1. The zero-order valence-electron chi connectivity index (χ0n) is 13.3. The van der Waals surface area contributed by atoms with Gasteiger partial charge >= 0.3 is 5.97 Å². The average molecular weight is 348 g/mol. The van der Waals surface area contributed by atoms with Crippen molar-refractivity contribution in [2.24, 2.45) is 0 Å². The number of hydrogen-bond donors (Lipinski definition) is 3. The van der Waals surface area contributed by atoms with Gasteiger partial charge in [-0.2, -0.15) is 0 Å². The summed E-state index contributed by atoms with van der Waals surface area (Å²) in [5, 5.41) is 30.0. The Morgan fingerprint density at radius 2 is 1.62 bits per heavy atom. The quantitative estimate of drug-likeness (QED) is 0.426. The Morgan fingerprint density at radius 1 is 0.846 bits per heavy atom. The number of carbonyl (C=O) groups is 1.